The van der Waals surface area contributed by atoms with Gasteiger partial charge in [0, 0.05) is 18.5 Å². The van der Waals surface area contributed by atoms with E-state index in [1.54, 1.807) is 19.9 Å². The van der Waals surface area contributed by atoms with Crippen LogP contribution in [-0.4, -0.2) is 46.2 Å². The van der Waals surface area contributed by atoms with Crippen LogP contribution in [0.4, 0.5) is 8.78 Å². The van der Waals surface area contributed by atoms with Gasteiger partial charge in [0.15, 0.2) is 0 Å². The zero-order valence-corrected chi connectivity index (χ0v) is 21.3. The molecule has 10 heteroatoms. The highest BCUT2D eigenvalue weighted by molar-refractivity contribution is 7.89. The van der Waals surface area contributed by atoms with Gasteiger partial charge in [-0.05, 0) is 61.8 Å². The number of H-pyrrole nitrogens is 1. The summed E-state index contributed by atoms with van der Waals surface area (Å²) >= 11 is 0. The molecule has 0 aliphatic heterocycles. The third-order valence-corrected chi connectivity index (χ3v) is 10.5. The molecule has 186 valence electrons. The number of hydrogen-bond acceptors (Lipinski definition) is 5. The molecule has 0 saturated heterocycles. The summed E-state index contributed by atoms with van der Waals surface area (Å²) in [4.78, 5) is 0.206. The molecule has 2 aliphatic rings. The number of aromatic nitrogens is 4. The van der Waals surface area contributed by atoms with E-state index in [0.29, 0.717) is 11.4 Å². The Morgan fingerprint density at radius 2 is 1.86 bits per heavy atom. The van der Waals surface area contributed by atoms with Gasteiger partial charge in [0.2, 0.25) is 10.0 Å². The molecule has 2 aromatic heterocycles. The fraction of sp³-hybridized carbons (Fsp3) is 0.480. The van der Waals surface area contributed by atoms with Crippen molar-refractivity contribution >= 4 is 10.0 Å². The third-order valence-electron chi connectivity index (χ3n) is 8.29. The lowest BCUT2D eigenvalue weighted by Crippen LogP contribution is -2.48. The Hall–Kier alpha value is -2.72. The van der Waals surface area contributed by atoms with E-state index < -0.39 is 27.1 Å². The van der Waals surface area contributed by atoms with Crippen molar-refractivity contribution in [1.29, 1.82) is 0 Å². The molecule has 1 N–H and O–H groups in total. The minimum absolute atomic E-state index is 0.0837. The standard InChI is InChI=1S/C25H29F2N5O2S/c1-6-32(35(33,34)22-14(2)28-29-15(22)3)13-25-11-10-17(24(25,4)5)16-12-20(30-31-23(16)25)21-18(26)8-7-9-19(21)27/h7-9,12,17H,6,10-11,13H2,1-5H3,(H,28,29)/t17-,25-/m0/s1. The number of sulfonamides is 1. The number of nitrogens with zero attached hydrogens (tertiary/aromatic N) is 4. The van der Waals surface area contributed by atoms with Gasteiger partial charge in [0.05, 0.1) is 28.3 Å². The molecule has 2 atom stereocenters. The minimum Gasteiger partial charge on any atom is -0.281 e. The molecule has 35 heavy (non-hydrogen) atoms. The summed E-state index contributed by atoms with van der Waals surface area (Å²) in [6.45, 7) is 10.00. The number of benzene rings is 1. The largest absolute Gasteiger partial charge is 0.281 e. The molecule has 1 aromatic carbocycles. The first-order valence-corrected chi connectivity index (χ1v) is 13.2. The summed E-state index contributed by atoms with van der Waals surface area (Å²) in [6, 6.07) is 5.47. The molecule has 0 radical (unpaired) electrons. The lowest BCUT2D eigenvalue weighted by Gasteiger charge is -2.41. The van der Waals surface area contributed by atoms with E-state index >= 15 is 0 Å². The Bertz CT molecular complexity index is 1400. The monoisotopic (exact) mass is 501 g/mol. The van der Waals surface area contributed by atoms with E-state index in [4.69, 9.17) is 0 Å². The number of nitrogens with one attached hydrogen (secondary N) is 1. The van der Waals surface area contributed by atoms with Crippen LogP contribution >= 0.6 is 0 Å². The molecule has 0 spiro atoms. The fourth-order valence-corrected chi connectivity index (χ4v) is 8.20. The van der Waals surface area contributed by atoms with Gasteiger partial charge in [-0.1, -0.05) is 26.8 Å². The number of aryl methyl sites for hydroxylation is 2. The average molecular weight is 502 g/mol. The Balaban J connectivity index is 1.61. The number of rotatable bonds is 6. The zero-order chi connectivity index (χ0) is 25.3. The van der Waals surface area contributed by atoms with Crippen LogP contribution in [0.2, 0.25) is 0 Å². The van der Waals surface area contributed by atoms with Crippen molar-refractivity contribution in [2.75, 3.05) is 13.1 Å². The van der Waals surface area contributed by atoms with Gasteiger partial charge in [-0.2, -0.15) is 19.6 Å². The minimum atomic E-state index is -3.81. The molecule has 2 aliphatic carbocycles. The van der Waals surface area contributed by atoms with E-state index in [2.05, 4.69) is 34.2 Å². The quantitative estimate of drug-likeness (QED) is 0.532. The first-order valence-electron chi connectivity index (χ1n) is 11.8. The summed E-state index contributed by atoms with van der Waals surface area (Å²) in [5.74, 6) is -1.30. The summed E-state index contributed by atoms with van der Waals surface area (Å²) < 4.78 is 57.8. The summed E-state index contributed by atoms with van der Waals surface area (Å²) in [7, 11) is -3.81. The second-order valence-corrected chi connectivity index (χ2v) is 12.1. The first kappa shape index (κ1) is 24.0. The highest BCUT2D eigenvalue weighted by Gasteiger charge is 2.64. The van der Waals surface area contributed by atoms with Crippen molar-refractivity contribution in [3.63, 3.8) is 0 Å². The van der Waals surface area contributed by atoms with Gasteiger partial charge < -0.3 is 0 Å². The smallest absolute Gasteiger partial charge is 0.246 e. The van der Waals surface area contributed by atoms with Crippen LogP contribution in [0.3, 0.4) is 0 Å². The summed E-state index contributed by atoms with van der Waals surface area (Å²) in [5.41, 5.74) is 1.64. The molecular formula is C25H29F2N5O2S. The van der Waals surface area contributed by atoms with Crippen LogP contribution in [-0.2, 0) is 15.4 Å². The van der Waals surface area contributed by atoms with Crippen LogP contribution in [0.25, 0.3) is 11.3 Å². The van der Waals surface area contributed by atoms with E-state index in [-0.39, 0.29) is 40.6 Å². The van der Waals surface area contributed by atoms with Gasteiger partial charge in [-0.15, -0.1) is 0 Å². The van der Waals surface area contributed by atoms with E-state index in [1.807, 2.05) is 6.92 Å². The van der Waals surface area contributed by atoms with Crippen molar-refractivity contribution in [3.8, 4) is 11.3 Å². The zero-order valence-electron chi connectivity index (χ0n) is 20.5. The van der Waals surface area contributed by atoms with Crippen LogP contribution in [0, 0.1) is 30.9 Å². The van der Waals surface area contributed by atoms with Crippen LogP contribution in [0.1, 0.15) is 62.2 Å². The van der Waals surface area contributed by atoms with Gasteiger partial charge in [0.1, 0.15) is 16.5 Å². The van der Waals surface area contributed by atoms with E-state index in [9.17, 15) is 17.2 Å². The molecular weight excluding hydrogens is 472 g/mol. The highest BCUT2D eigenvalue weighted by Crippen LogP contribution is 2.67. The van der Waals surface area contributed by atoms with E-state index in [1.165, 1.54) is 22.5 Å². The van der Waals surface area contributed by atoms with Crippen LogP contribution in [0.5, 0.6) is 0 Å². The Labute approximate surface area is 204 Å². The van der Waals surface area contributed by atoms with Crippen molar-refractivity contribution in [2.24, 2.45) is 5.41 Å². The van der Waals surface area contributed by atoms with Gasteiger partial charge in [-0.3, -0.25) is 5.10 Å². The maximum absolute atomic E-state index is 14.5. The van der Waals surface area contributed by atoms with Gasteiger partial charge >= 0.3 is 0 Å². The maximum Gasteiger partial charge on any atom is 0.246 e. The number of aromatic amines is 1. The lowest BCUT2D eigenvalue weighted by molar-refractivity contribution is 0.169. The molecule has 7 nitrogen and oxygen atoms in total. The Kier molecular flexibility index (Phi) is 5.41. The Morgan fingerprint density at radius 3 is 2.46 bits per heavy atom. The van der Waals surface area contributed by atoms with Crippen molar-refractivity contribution < 1.29 is 17.2 Å². The number of hydrogen-bond donors (Lipinski definition) is 1. The normalized spacial score (nSPS) is 22.7. The number of fused-ring (bicyclic) bond motifs is 5. The molecule has 2 heterocycles. The predicted molar refractivity (Wildman–Crippen MR) is 127 cm³/mol. The van der Waals surface area contributed by atoms with E-state index in [0.717, 1.165) is 24.1 Å². The topological polar surface area (TPSA) is 91.8 Å². The molecule has 1 saturated carbocycles. The highest BCUT2D eigenvalue weighted by atomic mass is 32.2. The number of likely N-dealkylation sites (N-methyl/N-ethyl adjacent to an activating group) is 1. The first-order chi connectivity index (χ1) is 16.5. The number of halogens is 2. The predicted octanol–water partition coefficient (Wildman–Crippen LogP) is 4.63. The maximum atomic E-state index is 14.5. The van der Waals surface area contributed by atoms with Crippen LogP contribution in [0.15, 0.2) is 29.2 Å². The second-order valence-electron chi connectivity index (χ2n) is 10.2. The molecule has 5 rings (SSSR count). The summed E-state index contributed by atoms with van der Waals surface area (Å²) in [5, 5.41) is 15.6. The van der Waals surface area contributed by atoms with Crippen molar-refractivity contribution in [3.05, 3.63) is 58.5 Å². The molecule has 0 amide bonds. The lowest BCUT2D eigenvalue weighted by atomic mass is 9.68. The third kappa shape index (κ3) is 3.22. The summed E-state index contributed by atoms with van der Waals surface area (Å²) in [6.07, 6.45) is 1.60. The van der Waals surface area contributed by atoms with Crippen LogP contribution < -0.4 is 0 Å². The van der Waals surface area contributed by atoms with Gasteiger partial charge in [0.25, 0.3) is 0 Å². The molecule has 1 fully saturated rings. The second kappa shape index (κ2) is 7.89. The van der Waals surface area contributed by atoms with Crippen molar-refractivity contribution in [1.82, 2.24) is 24.7 Å². The average Bonchev–Trinajstić information content (AvgIpc) is 3.33. The van der Waals surface area contributed by atoms with Gasteiger partial charge in [-0.25, -0.2) is 17.2 Å². The SMILES string of the molecule is CCN(C[C@@]12CC[C@@H](c3cc(-c4c(F)cccc4F)nnc31)C2(C)C)S(=O)(=O)c1c(C)n[nH]c1C. The fourth-order valence-electron chi connectivity index (χ4n) is 6.36. The molecule has 0 unspecified atom stereocenters. The Morgan fingerprint density at radius 1 is 1.17 bits per heavy atom. The molecule has 3 aromatic rings. The molecule has 2 bridgehead atoms. The van der Waals surface area contributed by atoms with Crippen molar-refractivity contribution in [2.45, 2.75) is 63.7 Å².